The van der Waals surface area contributed by atoms with E-state index in [1.54, 1.807) is 7.11 Å². The molecule has 1 N–H and O–H groups in total. The molecule has 0 unspecified atom stereocenters. The van der Waals surface area contributed by atoms with Crippen LogP contribution in [0.1, 0.15) is 42.7 Å². The molecule has 170 valence electrons. The normalized spacial score (nSPS) is 16.7. The summed E-state index contributed by atoms with van der Waals surface area (Å²) in [4.78, 5) is 15.9. The number of aromatic amines is 1. The molecule has 6 rings (SSSR count). The summed E-state index contributed by atoms with van der Waals surface area (Å²) < 4.78 is 17.4. The second-order valence-corrected chi connectivity index (χ2v) is 9.16. The molecule has 2 aliphatic rings. The van der Waals surface area contributed by atoms with Crippen LogP contribution in [0.3, 0.4) is 0 Å². The topological polar surface area (TPSA) is 102 Å². The highest BCUT2D eigenvalue weighted by Crippen LogP contribution is 2.42. The predicted molar refractivity (Wildman–Crippen MR) is 123 cm³/mol. The van der Waals surface area contributed by atoms with Crippen LogP contribution in [-0.4, -0.2) is 44.4 Å². The van der Waals surface area contributed by atoms with Gasteiger partial charge in [-0.15, -0.1) is 0 Å². The number of nitrogens with zero attached hydrogens (tertiary/aromatic N) is 5. The number of nitrogens with one attached hydrogen (secondary N) is 1. The summed E-state index contributed by atoms with van der Waals surface area (Å²) in [6, 6.07) is 6.39. The minimum absolute atomic E-state index is 0.0553. The van der Waals surface area contributed by atoms with Gasteiger partial charge < -0.3 is 18.8 Å². The lowest BCUT2D eigenvalue weighted by atomic mass is 10.1. The fourth-order valence-corrected chi connectivity index (χ4v) is 4.31. The zero-order valence-electron chi connectivity index (χ0n) is 19.2. The number of oxazole rings is 1. The van der Waals surface area contributed by atoms with E-state index in [0.717, 1.165) is 71.0 Å². The van der Waals surface area contributed by atoms with E-state index in [4.69, 9.17) is 13.9 Å². The highest BCUT2D eigenvalue weighted by molar-refractivity contribution is 5.94. The molecular formula is C24H26N6O3. The van der Waals surface area contributed by atoms with Crippen molar-refractivity contribution in [3.8, 4) is 23.1 Å². The molecule has 1 aliphatic heterocycles. The molecular weight excluding hydrogens is 420 g/mol. The Hall–Kier alpha value is -3.62. The molecule has 0 bridgehead atoms. The third-order valence-corrected chi connectivity index (χ3v) is 6.44. The monoisotopic (exact) mass is 446 g/mol. The van der Waals surface area contributed by atoms with Crippen LogP contribution in [0.5, 0.6) is 11.8 Å². The van der Waals surface area contributed by atoms with E-state index in [-0.39, 0.29) is 5.60 Å². The number of aromatic nitrogens is 5. The number of hydrogen-bond donors (Lipinski definition) is 1. The van der Waals surface area contributed by atoms with Crippen molar-refractivity contribution in [1.82, 2.24) is 25.1 Å². The maximum absolute atomic E-state index is 6.29. The summed E-state index contributed by atoms with van der Waals surface area (Å²) in [5.74, 6) is 3.31. The summed E-state index contributed by atoms with van der Waals surface area (Å²) in [6.07, 6.45) is 2.94. The number of hydrogen-bond acceptors (Lipinski definition) is 8. The largest absolute Gasteiger partial charge is 0.487 e. The van der Waals surface area contributed by atoms with Gasteiger partial charge in [0, 0.05) is 31.3 Å². The zero-order chi connectivity index (χ0) is 22.7. The van der Waals surface area contributed by atoms with E-state index in [1.807, 2.05) is 13.0 Å². The van der Waals surface area contributed by atoms with Crippen LogP contribution in [0.25, 0.3) is 22.3 Å². The number of ether oxygens (including phenoxy) is 2. The van der Waals surface area contributed by atoms with E-state index in [9.17, 15) is 0 Å². The number of benzene rings is 1. The second-order valence-electron chi connectivity index (χ2n) is 9.16. The molecule has 0 saturated heterocycles. The molecule has 9 nitrogen and oxygen atoms in total. The van der Waals surface area contributed by atoms with Crippen molar-refractivity contribution in [2.45, 2.75) is 52.2 Å². The fraction of sp³-hybridized carbons (Fsp3) is 0.417. The third-order valence-electron chi connectivity index (χ3n) is 6.44. The second kappa shape index (κ2) is 7.19. The number of fused-ring (bicyclic) bond motifs is 2. The summed E-state index contributed by atoms with van der Waals surface area (Å²) in [6.45, 7) is 7.49. The average molecular weight is 447 g/mol. The van der Waals surface area contributed by atoms with E-state index < -0.39 is 0 Å². The lowest BCUT2D eigenvalue weighted by Crippen LogP contribution is -2.31. The standard InChI is InChI=1S/C24H26N6O3/c1-13-9-16-15(10-20(13)33-24(3)6-7-24)22(29-28-16)17-11-21(27-23(26-17)31-4)30-8-5-19-18(12-30)25-14(2)32-19/h9-11H,5-8,12H2,1-4H3,(H,28,29). The predicted octanol–water partition coefficient (Wildman–Crippen LogP) is 4.13. The van der Waals surface area contributed by atoms with Crippen molar-refractivity contribution in [2.75, 3.05) is 18.6 Å². The van der Waals surface area contributed by atoms with Gasteiger partial charge in [-0.05, 0) is 44.4 Å². The van der Waals surface area contributed by atoms with Gasteiger partial charge in [-0.3, -0.25) is 5.10 Å². The van der Waals surface area contributed by atoms with E-state index in [2.05, 4.69) is 56.0 Å². The van der Waals surface area contributed by atoms with Crippen LogP contribution < -0.4 is 14.4 Å². The number of H-pyrrole nitrogens is 1. The summed E-state index contributed by atoms with van der Waals surface area (Å²) >= 11 is 0. The highest BCUT2D eigenvalue weighted by Gasteiger charge is 2.40. The Bertz CT molecular complexity index is 1370. The molecule has 4 heterocycles. The highest BCUT2D eigenvalue weighted by atomic mass is 16.5. The van der Waals surface area contributed by atoms with Gasteiger partial charge in [0.1, 0.15) is 40.0 Å². The Morgan fingerprint density at radius 1 is 1.12 bits per heavy atom. The van der Waals surface area contributed by atoms with Gasteiger partial charge in [0.05, 0.1) is 19.2 Å². The van der Waals surface area contributed by atoms with Gasteiger partial charge in [-0.25, -0.2) is 4.98 Å². The van der Waals surface area contributed by atoms with Gasteiger partial charge in [-0.2, -0.15) is 15.1 Å². The molecule has 1 aliphatic carbocycles. The van der Waals surface area contributed by atoms with Gasteiger partial charge in [-0.1, -0.05) is 0 Å². The van der Waals surface area contributed by atoms with Crippen molar-refractivity contribution < 1.29 is 13.9 Å². The molecule has 1 fully saturated rings. The van der Waals surface area contributed by atoms with Crippen molar-refractivity contribution >= 4 is 16.7 Å². The first-order valence-corrected chi connectivity index (χ1v) is 11.2. The van der Waals surface area contributed by atoms with E-state index >= 15 is 0 Å². The van der Waals surface area contributed by atoms with Crippen LogP contribution in [0.2, 0.25) is 0 Å². The smallest absolute Gasteiger partial charge is 0.318 e. The average Bonchev–Trinajstić information content (AvgIpc) is 3.21. The minimum atomic E-state index is -0.0553. The van der Waals surface area contributed by atoms with Crippen molar-refractivity contribution in [3.63, 3.8) is 0 Å². The lowest BCUT2D eigenvalue weighted by molar-refractivity contribution is 0.199. The molecule has 9 heteroatoms. The molecule has 0 atom stereocenters. The SMILES string of the molecule is COc1nc(-c2n[nH]c3cc(C)c(OC4(C)CC4)cc23)cc(N2CCc3oc(C)nc3C2)n1. The quantitative estimate of drug-likeness (QED) is 0.488. The van der Waals surface area contributed by atoms with E-state index in [1.165, 1.54) is 0 Å². The summed E-state index contributed by atoms with van der Waals surface area (Å²) in [7, 11) is 1.58. The summed E-state index contributed by atoms with van der Waals surface area (Å²) in [5.41, 5.74) is 4.36. The molecule has 3 aromatic heterocycles. The van der Waals surface area contributed by atoms with Crippen LogP contribution in [0.15, 0.2) is 22.6 Å². The van der Waals surface area contributed by atoms with Crippen LogP contribution in [-0.2, 0) is 13.0 Å². The number of aryl methyl sites for hydroxylation is 2. The minimum Gasteiger partial charge on any atom is -0.487 e. The Morgan fingerprint density at radius 2 is 1.97 bits per heavy atom. The molecule has 33 heavy (non-hydrogen) atoms. The fourth-order valence-electron chi connectivity index (χ4n) is 4.31. The number of anilines is 1. The lowest BCUT2D eigenvalue weighted by Gasteiger charge is -2.26. The Balaban J connectivity index is 1.40. The van der Waals surface area contributed by atoms with Gasteiger partial charge >= 0.3 is 6.01 Å². The first kappa shape index (κ1) is 20.0. The number of methoxy groups -OCH3 is 1. The molecule has 0 radical (unpaired) electrons. The first-order valence-electron chi connectivity index (χ1n) is 11.2. The van der Waals surface area contributed by atoms with Crippen LogP contribution in [0.4, 0.5) is 5.82 Å². The van der Waals surface area contributed by atoms with Gasteiger partial charge in [0.2, 0.25) is 0 Å². The molecule has 0 spiro atoms. The molecule has 0 amide bonds. The number of rotatable bonds is 5. The Kier molecular flexibility index (Phi) is 4.36. The molecule has 4 aromatic rings. The molecule has 1 saturated carbocycles. The summed E-state index contributed by atoms with van der Waals surface area (Å²) in [5, 5.41) is 8.69. The van der Waals surface area contributed by atoms with Gasteiger partial charge in [0.25, 0.3) is 0 Å². The zero-order valence-corrected chi connectivity index (χ0v) is 19.2. The first-order chi connectivity index (χ1) is 15.9. The van der Waals surface area contributed by atoms with Crippen molar-refractivity contribution in [3.05, 3.63) is 41.1 Å². The molecule has 1 aromatic carbocycles. The maximum atomic E-state index is 6.29. The van der Waals surface area contributed by atoms with Crippen molar-refractivity contribution in [2.24, 2.45) is 0 Å². The van der Waals surface area contributed by atoms with E-state index in [0.29, 0.717) is 24.1 Å². The van der Waals surface area contributed by atoms with Gasteiger partial charge in [0.15, 0.2) is 5.89 Å². The third kappa shape index (κ3) is 3.57. The Labute approximate surface area is 191 Å². The van der Waals surface area contributed by atoms with Crippen molar-refractivity contribution in [1.29, 1.82) is 0 Å². The van der Waals surface area contributed by atoms with Crippen LogP contribution in [0, 0.1) is 13.8 Å². The Morgan fingerprint density at radius 3 is 2.76 bits per heavy atom. The van der Waals surface area contributed by atoms with Crippen LogP contribution >= 0.6 is 0 Å². The maximum Gasteiger partial charge on any atom is 0.318 e.